The molecule has 3 nitrogen and oxygen atoms in total. The molecule has 2 aliphatic rings. The van der Waals surface area contributed by atoms with Crippen LogP contribution in [-0.2, 0) is 4.84 Å². The van der Waals surface area contributed by atoms with Gasteiger partial charge in [0.25, 0.3) is 0 Å². The zero-order valence-corrected chi connectivity index (χ0v) is 9.63. The van der Waals surface area contributed by atoms with E-state index in [1.807, 2.05) is 24.3 Å². The molecule has 0 bridgehead atoms. The summed E-state index contributed by atoms with van der Waals surface area (Å²) in [6.45, 7) is 1.88. The van der Waals surface area contributed by atoms with Gasteiger partial charge >= 0.3 is 0 Å². The molecule has 0 saturated carbocycles. The molecule has 1 aromatic carbocycles. The number of benzene rings is 1. The minimum Gasteiger partial charge on any atom is -0.387 e. The van der Waals surface area contributed by atoms with Crippen LogP contribution in [0.15, 0.2) is 29.4 Å². The van der Waals surface area contributed by atoms with Gasteiger partial charge in [0.15, 0.2) is 5.60 Å². The summed E-state index contributed by atoms with van der Waals surface area (Å²) in [5, 5.41) is 8.25. The van der Waals surface area contributed by atoms with Crippen LogP contribution in [0.25, 0.3) is 0 Å². The Balaban J connectivity index is 1.86. The van der Waals surface area contributed by atoms with Crippen molar-refractivity contribution in [3.63, 3.8) is 0 Å². The fraction of sp³-hybridized carbons (Fsp3) is 0.417. The lowest BCUT2D eigenvalue weighted by molar-refractivity contribution is -0.00190. The average Bonchev–Trinajstić information content (AvgIpc) is 2.91. The first-order valence-electron chi connectivity index (χ1n) is 5.50. The molecule has 16 heavy (non-hydrogen) atoms. The predicted octanol–water partition coefficient (Wildman–Crippen LogP) is 2.20. The summed E-state index contributed by atoms with van der Waals surface area (Å²) in [6.07, 6.45) is 1.87. The maximum atomic E-state index is 6.15. The number of rotatable bonds is 1. The summed E-state index contributed by atoms with van der Waals surface area (Å²) in [7, 11) is 0. The van der Waals surface area contributed by atoms with Gasteiger partial charge in [-0.3, -0.25) is 0 Å². The van der Waals surface area contributed by atoms with Crippen LogP contribution in [0.5, 0.6) is 0 Å². The number of hydrogen-bond acceptors (Lipinski definition) is 3. The number of oxime groups is 1. The van der Waals surface area contributed by atoms with Crippen LogP contribution in [0.3, 0.4) is 0 Å². The molecule has 84 valence electrons. The lowest BCUT2D eigenvalue weighted by Crippen LogP contribution is -2.31. The highest BCUT2D eigenvalue weighted by Gasteiger charge is 2.42. The topological polar surface area (TPSA) is 33.6 Å². The highest BCUT2D eigenvalue weighted by Crippen LogP contribution is 2.33. The highest BCUT2D eigenvalue weighted by atomic mass is 35.5. The third-order valence-corrected chi connectivity index (χ3v) is 3.56. The van der Waals surface area contributed by atoms with Crippen molar-refractivity contribution in [1.82, 2.24) is 5.32 Å². The Labute approximate surface area is 99.4 Å². The van der Waals surface area contributed by atoms with E-state index in [-0.39, 0.29) is 5.60 Å². The Hall–Kier alpha value is -1.06. The molecule has 0 amide bonds. The quantitative estimate of drug-likeness (QED) is 0.811. The third kappa shape index (κ3) is 1.60. The molecule has 2 aliphatic heterocycles. The van der Waals surface area contributed by atoms with Crippen LogP contribution in [0, 0.1) is 0 Å². The van der Waals surface area contributed by atoms with E-state index >= 15 is 0 Å². The Morgan fingerprint density at radius 2 is 2.25 bits per heavy atom. The molecule has 1 spiro atoms. The lowest BCUT2D eigenvalue weighted by Gasteiger charge is -2.18. The van der Waals surface area contributed by atoms with Crippen molar-refractivity contribution in [3.05, 3.63) is 34.9 Å². The van der Waals surface area contributed by atoms with Crippen LogP contribution in [0.2, 0.25) is 5.02 Å². The van der Waals surface area contributed by atoms with Gasteiger partial charge in [0, 0.05) is 30.0 Å². The first-order chi connectivity index (χ1) is 7.79. The molecule has 4 heteroatoms. The fourth-order valence-electron chi connectivity index (χ4n) is 2.31. The highest BCUT2D eigenvalue weighted by molar-refractivity contribution is 6.34. The first-order valence-corrected chi connectivity index (χ1v) is 5.88. The summed E-state index contributed by atoms with van der Waals surface area (Å²) in [6, 6.07) is 7.78. The van der Waals surface area contributed by atoms with Crippen LogP contribution in [-0.4, -0.2) is 24.4 Å². The van der Waals surface area contributed by atoms with E-state index in [0.29, 0.717) is 0 Å². The molecule has 0 aliphatic carbocycles. The van der Waals surface area contributed by atoms with Gasteiger partial charge in [0.2, 0.25) is 0 Å². The normalized spacial score (nSPS) is 28.2. The minimum atomic E-state index is -0.117. The first kappa shape index (κ1) is 10.1. The van der Waals surface area contributed by atoms with Crippen molar-refractivity contribution in [2.75, 3.05) is 13.1 Å². The van der Waals surface area contributed by atoms with Crippen LogP contribution in [0.1, 0.15) is 18.4 Å². The SMILES string of the molecule is Clc1ccccc1C1=NOC2(CCNC2)C1. The number of hydrogen-bond donors (Lipinski definition) is 1. The fourth-order valence-corrected chi connectivity index (χ4v) is 2.56. The smallest absolute Gasteiger partial charge is 0.156 e. The minimum absolute atomic E-state index is 0.117. The van der Waals surface area contributed by atoms with E-state index in [0.717, 1.165) is 42.2 Å². The number of halogens is 1. The van der Waals surface area contributed by atoms with Crippen molar-refractivity contribution < 1.29 is 4.84 Å². The number of nitrogens with zero attached hydrogens (tertiary/aromatic N) is 1. The Morgan fingerprint density at radius 1 is 1.38 bits per heavy atom. The maximum absolute atomic E-state index is 6.15. The summed E-state index contributed by atoms with van der Waals surface area (Å²) in [5.74, 6) is 0. The molecule has 0 aromatic heterocycles. The van der Waals surface area contributed by atoms with Gasteiger partial charge < -0.3 is 10.2 Å². The molecule has 3 rings (SSSR count). The van der Waals surface area contributed by atoms with Crippen molar-refractivity contribution in [3.8, 4) is 0 Å². The standard InChI is InChI=1S/C12H13ClN2O/c13-10-4-2-1-3-9(10)11-7-12(16-15-11)5-6-14-8-12/h1-4,14H,5-8H2. The summed E-state index contributed by atoms with van der Waals surface area (Å²) in [5.41, 5.74) is 1.84. The summed E-state index contributed by atoms with van der Waals surface area (Å²) >= 11 is 6.15. The lowest BCUT2D eigenvalue weighted by atomic mass is 9.93. The number of nitrogens with one attached hydrogen (secondary N) is 1. The Bertz CT molecular complexity index is 438. The second-order valence-corrected chi connectivity index (χ2v) is 4.80. The maximum Gasteiger partial charge on any atom is 0.156 e. The molecule has 1 fully saturated rings. The second kappa shape index (κ2) is 3.75. The molecule has 0 radical (unpaired) electrons. The molecular formula is C12H13ClN2O. The molecule has 1 atom stereocenters. The van der Waals surface area contributed by atoms with Gasteiger partial charge in [-0.25, -0.2) is 0 Å². The van der Waals surface area contributed by atoms with Crippen LogP contribution in [0.4, 0.5) is 0 Å². The van der Waals surface area contributed by atoms with Gasteiger partial charge in [-0.05, 0) is 12.6 Å². The largest absolute Gasteiger partial charge is 0.387 e. The summed E-state index contributed by atoms with van der Waals surface area (Å²) in [4.78, 5) is 5.59. The molecule has 1 saturated heterocycles. The van der Waals surface area contributed by atoms with Gasteiger partial charge in [-0.2, -0.15) is 0 Å². The van der Waals surface area contributed by atoms with Gasteiger partial charge in [-0.15, -0.1) is 0 Å². The van der Waals surface area contributed by atoms with Crippen molar-refractivity contribution >= 4 is 17.3 Å². The van der Waals surface area contributed by atoms with E-state index < -0.39 is 0 Å². The van der Waals surface area contributed by atoms with E-state index in [9.17, 15) is 0 Å². The van der Waals surface area contributed by atoms with Crippen LogP contribution >= 0.6 is 11.6 Å². The second-order valence-electron chi connectivity index (χ2n) is 4.40. The van der Waals surface area contributed by atoms with E-state index in [4.69, 9.17) is 16.4 Å². The molecule has 1 aromatic rings. The predicted molar refractivity (Wildman–Crippen MR) is 63.9 cm³/mol. The van der Waals surface area contributed by atoms with Crippen molar-refractivity contribution in [2.24, 2.45) is 5.16 Å². The van der Waals surface area contributed by atoms with E-state index in [2.05, 4.69) is 10.5 Å². The van der Waals surface area contributed by atoms with E-state index in [1.165, 1.54) is 0 Å². The van der Waals surface area contributed by atoms with Gasteiger partial charge in [-0.1, -0.05) is 35.0 Å². The van der Waals surface area contributed by atoms with Crippen molar-refractivity contribution in [1.29, 1.82) is 0 Å². The molecule has 2 heterocycles. The van der Waals surface area contributed by atoms with Crippen LogP contribution < -0.4 is 5.32 Å². The Morgan fingerprint density at radius 3 is 3.00 bits per heavy atom. The molecule has 1 unspecified atom stereocenters. The van der Waals surface area contributed by atoms with E-state index in [1.54, 1.807) is 0 Å². The third-order valence-electron chi connectivity index (χ3n) is 3.23. The average molecular weight is 237 g/mol. The zero-order chi connectivity index (χ0) is 11.0. The van der Waals surface area contributed by atoms with Crippen molar-refractivity contribution in [2.45, 2.75) is 18.4 Å². The molecular weight excluding hydrogens is 224 g/mol. The summed E-state index contributed by atoms with van der Waals surface area (Å²) < 4.78 is 0. The Kier molecular flexibility index (Phi) is 2.37. The monoisotopic (exact) mass is 236 g/mol. The zero-order valence-electron chi connectivity index (χ0n) is 8.87. The van der Waals surface area contributed by atoms with Gasteiger partial charge in [0.05, 0.1) is 5.71 Å². The molecule has 1 N–H and O–H groups in total. The van der Waals surface area contributed by atoms with Gasteiger partial charge in [0.1, 0.15) is 0 Å².